The van der Waals surface area contributed by atoms with E-state index in [0.29, 0.717) is 23.5 Å². The number of nitrogens with two attached hydrogens (primary N) is 1. The van der Waals surface area contributed by atoms with Crippen molar-refractivity contribution in [2.24, 2.45) is 5.14 Å². The third kappa shape index (κ3) is 3.48. The van der Waals surface area contributed by atoms with Gasteiger partial charge in [-0.25, -0.2) is 13.6 Å². The number of rotatable bonds is 5. The molecule has 0 amide bonds. The predicted octanol–water partition coefficient (Wildman–Crippen LogP) is 3.31. The van der Waals surface area contributed by atoms with E-state index in [1.54, 1.807) is 6.07 Å². The topological polar surface area (TPSA) is 78.6 Å². The van der Waals surface area contributed by atoms with Crippen LogP contribution in [0.5, 0.6) is 17.2 Å². The Hall–Kier alpha value is -2.05. The lowest BCUT2D eigenvalue weighted by molar-refractivity contribution is 0.398. The highest BCUT2D eigenvalue weighted by Crippen LogP contribution is 2.39. The van der Waals surface area contributed by atoms with Crippen LogP contribution in [0, 0.1) is 13.8 Å². The smallest absolute Gasteiger partial charge is 0.241 e. The monoisotopic (exact) mass is 335 g/mol. The van der Waals surface area contributed by atoms with Gasteiger partial charge in [0.05, 0.1) is 7.11 Å². The molecule has 0 saturated carbocycles. The zero-order valence-corrected chi connectivity index (χ0v) is 14.5. The zero-order chi connectivity index (χ0) is 17.2. The molecule has 0 aliphatic carbocycles. The van der Waals surface area contributed by atoms with Gasteiger partial charge in [0.15, 0.2) is 5.75 Å². The molecule has 2 N–H and O–H groups in total. The number of primary sulfonamides is 1. The molecule has 0 unspecified atom stereocenters. The van der Waals surface area contributed by atoms with Crippen LogP contribution in [0.1, 0.15) is 23.6 Å². The van der Waals surface area contributed by atoms with Crippen molar-refractivity contribution in [3.8, 4) is 17.2 Å². The van der Waals surface area contributed by atoms with E-state index in [4.69, 9.17) is 14.6 Å². The number of aryl methyl sites for hydroxylation is 2. The van der Waals surface area contributed by atoms with Crippen molar-refractivity contribution in [2.45, 2.75) is 32.1 Å². The molecule has 5 nitrogen and oxygen atoms in total. The van der Waals surface area contributed by atoms with Crippen LogP contribution >= 0.6 is 0 Å². The fourth-order valence-corrected chi connectivity index (χ4v) is 3.19. The van der Waals surface area contributed by atoms with E-state index < -0.39 is 10.0 Å². The average molecular weight is 335 g/mol. The molecule has 2 aromatic carbocycles. The van der Waals surface area contributed by atoms with Gasteiger partial charge in [0.2, 0.25) is 10.0 Å². The molecule has 23 heavy (non-hydrogen) atoms. The number of methoxy groups -OCH3 is 1. The van der Waals surface area contributed by atoms with Crippen LogP contribution in [0.3, 0.4) is 0 Å². The lowest BCUT2D eigenvalue weighted by atomic mass is 10.1. The standard InChI is InChI=1S/C17H21NO4S/c1-5-13-14(21-4)9-10-15(23(18,19)20)17(13)22-16-11(2)7-6-8-12(16)3/h6-10H,5H2,1-4H3,(H2,18,19,20). The Morgan fingerprint density at radius 3 is 2.13 bits per heavy atom. The average Bonchev–Trinajstić information content (AvgIpc) is 2.49. The van der Waals surface area contributed by atoms with Crippen LogP contribution in [0.25, 0.3) is 0 Å². The second-order valence-electron chi connectivity index (χ2n) is 5.30. The molecule has 0 spiro atoms. The highest BCUT2D eigenvalue weighted by molar-refractivity contribution is 7.89. The van der Waals surface area contributed by atoms with E-state index in [1.165, 1.54) is 13.2 Å². The molecule has 0 aromatic heterocycles. The minimum absolute atomic E-state index is 0.0437. The second-order valence-corrected chi connectivity index (χ2v) is 6.83. The first-order chi connectivity index (χ1) is 10.8. The molecule has 0 heterocycles. The predicted molar refractivity (Wildman–Crippen MR) is 89.7 cm³/mol. The lowest BCUT2D eigenvalue weighted by Crippen LogP contribution is -2.14. The summed E-state index contributed by atoms with van der Waals surface area (Å²) in [7, 11) is -2.38. The summed E-state index contributed by atoms with van der Waals surface area (Å²) in [5.41, 5.74) is 2.49. The molecule has 0 saturated heterocycles. The number of ether oxygens (including phenoxy) is 2. The minimum Gasteiger partial charge on any atom is -0.496 e. The van der Waals surface area contributed by atoms with Crippen LogP contribution in [0.2, 0.25) is 0 Å². The van der Waals surface area contributed by atoms with Crippen molar-refractivity contribution in [1.82, 2.24) is 0 Å². The van der Waals surface area contributed by atoms with Gasteiger partial charge >= 0.3 is 0 Å². The molecule has 0 atom stereocenters. The maximum absolute atomic E-state index is 11.9. The van der Waals surface area contributed by atoms with Gasteiger partial charge in [-0.05, 0) is 43.5 Å². The molecule has 2 rings (SSSR count). The summed E-state index contributed by atoms with van der Waals surface area (Å²) in [4.78, 5) is -0.0437. The fraction of sp³-hybridized carbons (Fsp3) is 0.294. The Morgan fingerprint density at radius 1 is 1.04 bits per heavy atom. The quantitative estimate of drug-likeness (QED) is 0.909. The largest absolute Gasteiger partial charge is 0.496 e. The Morgan fingerprint density at radius 2 is 1.65 bits per heavy atom. The van der Waals surface area contributed by atoms with E-state index in [1.807, 2.05) is 39.0 Å². The van der Waals surface area contributed by atoms with Crippen molar-refractivity contribution >= 4 is 10.0 Å². The van der Waals surface area contributed by atoms with Crippen molar-refractivity contribution < 1.29 is 17.9 Å². The molecule has 124 valence electrons. The van der Waals surface area contributed by atoms with Gasteiger partial charge in [0.1, 0.15) is 16.4 Å². The molecular weight excluding hydrogens is 314 g/mol. The SMILES string of the molecule is CCc1c(OC)ccc(S(N)(=O)=O)c1Oc1c(C)cccc1C. The van der Waals surface area contributed by atoms with E-state index >= 15 is 0 Å². The van der Waals surface area contributed by atoms with Crippen LogP contribution < -0.4 is 14.6 Å². The van der Waals surface area contributed by atoms with E-state index in [0.717, 1.165) is 11.1 Å². The Kier molecular flexibility index (Phi) is 4.97. The molecule has 0 aliphatic rings. The lowest BCUT2D eigenvalue weighted by Gasteiger charge is -2.19. The van der Waals surface area contributed by atoms with Crippen LogP contribution in [-0.2, 0) is 16.4 Å². The maximum Gasteiger partial charge on any atom is 0.241 e. The summed E-state index contributed by atoms with van der Waals surface area (Å²) in [6, 6.07) is 8.74. The van der Waals surface area contributed by atoms with E-state index in [-0.39, 0.29) is 10.6 Å². The van der Waals surface area contributed by atoms with Gasteiger partial charge in [-0.3, -0.25) is 0 Å². The van der Waals surface area contributed by atoms with Crippen LogP contribution in [0.4, 0.5) is 0 Å². The number of hydrogen-bond donors (Lipinski definition) is 1. The van der Waals surface area contributed by atoms with E-state index in [9.17, 15) is 8.42 Å². The number of sulfonamides is 1. The maximum atomic E-state index is 11.9. The summed E-state index contributed by atoms with van der Waals surface area (Å²) < 4.78 is 35.2. The van der Waals surface area contributed by atoms with Crippen molar-refractivity contribution in [2.75, 3.05) is 7.11 Å². The van der Waals surface area contributed by atoms with Gasteiger partial charge in [-0.15, -0.1) is 0 Å². The number of para-hydroxylation sites is 1. The summed E-state index contributed by atoms with van der Waals surface area (Å²) in [6.07, 6.45) is 0.548. The van der Waals surface area contributed by atoms with Crippen LogP contribution in [-0.4, -0.2) is 15.5 Å². The minimum atomic E-state index is -3.92. The Balaban J connectivity index is 2.73. The van der Waals surface area contributed by atoms with Crippen molar-refractivity contribution in [1.29, 1.82) is 0 Å². The molecule has 0 aliphatic heterocycles. The normalized spacial score (nSPS) is 11.3. The summed E-state index contributed by atoms with van der Waals surface area (Å²) >= 11 is 0. The highest BCUT2D eigenvalue weighted by atomic mass is 32.2. The Bertz CT molecular complexity index is 808. The molecule has 0 bridgehead atoms. The third-order valence-electron chi connectivity index (χ3n) is 3.67. The summed E-state index contributed by atoms with van der Waals surface area (Å²) in [6.45, 7) is 5.72. The van der Waals surface area contributed by atoms with E-state index in [2.05, 4.69) is 0 Å². The van der Waals surface area contributed by atoms with Gasteiger partial charge < -0.3 is 9.47 Å². The summed E-state index contributed by atoms with van der Waals surface area (Å²) in [5, 5.41) is 5.35. The van der Waals surface area contributed by atoms with Crippen LogP contribution in [0.15, 0.2) is 35.2 Å². The van der Waals surface area contributed by atoms with Crippen molar-refractivity contribution in [3.05, 3.63) is 47.0 Å². The van der Waals surface area contributed by atoms with Crippen molar-refractivity contribution in [3.63, 3.8) is 0 Å². The van der Waals surface area contributed by atoms with Gasteiger partial charge in [0.25, 0.3) is 0 Å². The van der Waals surface area contributed by atoms with Gasteiger partial charge in [0, 0.05) is 5.56 Å². The molecule has 6 heteroatoms. The van der Waals surface area contributed by atoms with Gasteiger partial charge in [-0.2, -0.15) is 0 Å². The summed E-state index contributed by atoms with van der Waals surface area (Å²) in [5.74, 6) is 1.42. The van der Waals surface area contributed by atoms with Gasteiger partial charge in [-0.1, -0.05) is 25.1 Å². The number of hydrogen-bond acceptors (Lipinski definition) is 4. The first kappa shape index (κ1) is 17.3. The Labute approximate surface area is 137 Å². The molecule has 2 aromatic rings. The number of benzene rings is 2. The first-order valence-electron chi connectivity index (χ1n) is 7.26. The molecule has 0 radical (unpaired) electrons. The first-order valence-corrected chi connectivity index (χ1v) is 8.81. The second kappa shape index (κ2) is 6.60. The third-order valence-corrected chi connectivity index (χ3v) is 4.61. The highest BCUT2D eigenvalue weighted by Gasteiger charge is 2.23. The molecule has 0 fully saturated rings. The zero-order valence-electron chi connectivity index (χ0n) is 13.7. The fourth-order valence-electron chi connectivity index (χ4n) is 2.51. The molecular formula is C17H21NO4S.